The number of thiocarbonyl (C=S) groups is 1. The van der Waals surface area contributed by atoms with Gasteiger partial charge in [-0.25, -0.2) is 13.2 Å². The SMILES string of the molecule is Cc1ccccc1NC(=S)Nc1ccc(F)c(F)c1F. The number of nitrogens with one attached hydrogen (secondary N) is 2. The molecule has 0 spiro atoms. The molecule has 0 atom stereocenters. The van der Waals surface area contributed by atoms with Crippen molar-refractivity contribution in [1.82, 2.24) is 0 Å². The van der Waals surface area contributed by atoms with E-state index in [9.17, 15) is 13.2 Å². The molecule has 0 aliphatic carbocycles. The molecular weight excluding hydrogens is 285 g/mol. The number of anilines is 2. The summed E-state index contributed by atoms with van der Waals surface area (Å²) in [5, 5.41) is 5.44. The van der Waals surface area contributed by atoms with Gasteiger partial charge in [0.25, 0.3) is 0 Å². The first-order valence-electron chi connectivity index (χ1n) is 5.76. The third-order valence-electron chi connectivity index (χ3n) is 2.68. The van der Waals surface area contributed by atoms with Crippen molar-refractivity contribution in [1.29, 1.82) is 0 Å². The largest absolute Gasteiger partial charge is 0.332 e. The molecule has 2 nitrogen and oxygen atoms in total. The van der Waals surface area contributed by atoms with Gasteiger partial charge in [-0.1, -0.05) is 18.2 Å². The number of hydrogen-bond donors (Lipinski definition) is 2. The van der Waals surface area contributed by atoms with Crippen LogP contribution < -0.4 is 10.6 Å². The Labute approximate surface area is 119 Å². The average molecular weight is 296 g/mol. The number of halogens is 3. The number of para-hydroxylation sites is 1. The van der Waals surface area contributed by atoms with Crippen LogP contribution in [0.4, 0.5) is 24.5 Å². The van der Waals surface area contributed by atoms with Crippen molar-refractivity contribution in [3.8, 4) is 0 Å². The molecule has 0 unspecified atom stereocenters. The first-order valence-corrected chi connectivity index (χ1v) is 6.17. The summed E-state index contributed by atoms with van der Waals surface area (Å²) in [6, 6.07) is 9.27. The summed E-state index contributed by atoms with van der Waals surface area (Å²) in [6.07, 6.45) is 0. The predicted molar refractivity (Wildman–Crippen MR) is 77.3 cm³/mol. The molecule has 20 heavy (non-hydrogen) atoms. The number of rotatable bonds is 2. The highest BCUT2D eigenvalue weighted by Gasteiger charge is 2.14. The molecule has 0 aliphatic heterocycles. The Bertz CT molecular complexity index is 659. The highest BCUT2D eigenvalue weighted by Crippen LogP contribution is 2.20. The summed E-state index contributed by atoms with van der Waals surface area (Å²) in [5.74, 6) is -4.08. The molecule has 2 aromatic carbocycles. The Hall–Kier alpha value is -2.08. The maximum Gasteiger partial charge on any atom is 0.196 e. The Morgan fingerprint density at radius 2 is 1.55 bits per heavy atom. The topological polar surface area (TPSA) is 24.1 Å². The molecule has 0 fully saturated rings. The van der Waals surface area contributed by atoms with Crippen molar-refractivity contribution >= 4 is 28.7 Å². The summed E-state index contributed by atoms with van der Waals surface area (Å²) in [5.41, 5.74) is 1.46. The summed E-state index contributed by atoms with van der Waals surface area (Å²) >= 11 is 5.01. The van der Waals surface area contributed by atoms with Gasteiger partial charge in [0.2, 0.25) is 0 Å². The number of benzene rings is 2. The van der Waals surface area contributed by atoms with E-state index in [-0.39, 0.29) is 10.8 Å². The van der Waals surface area contributed by atoms with Gasteiger partial charge < -0.3 is 10.6 Å². The zero-order chi connectivity index (χ0) is 14.7. The third-order valence-corrected chi connectivity index (χ3v) is 2.88. The molecule has 2 N–H and O–H groups in total. The normalized spacial score (nSPS) is 10.2. The fraction of sp³-hybridized carbons (Fsp3) is 0.0714. The maximum atomic E-state index is 13.5. The van der Waals surface area contributed by atoms with Crippen LogP contribution in [0.2, 0.25) is 0 Å². The summed E-state index contributed by atoms with van der Waals surface area (Å²) in [6.45, 7) is 1.88. The molecule has 104 valence electrons. The average Bonchev–Trinajstić information content (AvgIpc) is 2.42. The summed E-state index contributed by atoms with van der Waals surface area (Å²) < 4.78 is 39.4. The number of aryl methyl sites for hydroxylation is 1. The standard InChI is InChI=1S/C14H11F3N2S/c1-8-4-2-3-5-10(8)18-14(20)19-11-7-6-9(15)12(16)13(11)17/h2-7H,1H3,(H2,18,19,20). The van der Waals surface area contributed by atoms with Crippen LogP contribution in [0, 0.1) is 24.4 Å². The Morgan fingerprint density at radius 3 is 2.25 bits per heavy atom. The van der Waals surface area contributed by atoms with E-state index in [0.29, 0.717) is 0 Å². The molecule has 6 heteroatoms. The van der Waals surface area contributed by atoms with E-state index in [1.54, 1.807) is 6.07 Å². The van der Waals surface area contributed by atoms with E-state index in [4.69, 9.17) is 12.2 Å². The Kier molecular flexibility index (Phi) is 4.24. The molecule has 2 aromatic rings. The first-order chi connectivity index (χ1) is 9.49. The van der Waals surface area contributed by atoms with Crippen molar-refractivity contribution in [2.75, 3.05) is 10.6 Å². The van der Waals surface area contributed by atoms with Crippen LogP contribution >= 0.6 is 12.2 Å². The second-order valence-corrected chi connectivity index (χ2v) is 4.53. The molecule has 0 radical (unpaired) electrons. The van der Waals surface area contributed by atoms with Crippen LogP contribution in [0.5, 0.6) is 0 Å². The first kappa shape index (κ1) is 14.3. The van der Waals surface area contributed by atoms with E-state index in [1.165, 1.54) is 0 Å². The van der Waals surface area contributed by atoms with E-state index in [1.807, 2.05) is 25.1 Å². The third kappa shape index (κ3) is 3.08. The summed E-state index contributed by atoms with van der Waals surface area (Å²) in [7, 11) is 0. The van der Waals surface area contributed by atoms with Crippen LogP contribution in [0.1, 0.15) is 5.56 Å². The lowest BCUT2D eigenvalue weighted by atomic mass is 10.2. The van der Waals surface area contributed by atoms with Gasteiger partial charge in [-0.15, -0.1) is 0 Å². The molecule has 0 amide bonds. The molecule has 0 heterocycles. The zero-order valence-electron chi connectivity index (χ0n) is 10.5. The molecule has 0 aliphatic rings. The van der Waals surface area contributed by atoms with Crippen LogP contribution in [-0.4, -0.2) is 5.11 Å². The fourth-order valence-corrected chi connectivity index (χ4v) is 1.83. The molecule has 0 saturated carbocycles. The minimum absolute atomic E-state index is 0.0872. The van der Waals surface area contributed by atoms with E-state index in [0.717, 1.165) is 23.4 Å². The van der Waals surface area contributed by atoms with E-state index < -0.39 is 17.5 Å². The highest BCUT2D eigenvalue weighted by atomic mass is 32.1. The molecule has 0 aromatic heterocycles. The lowest BCUT2D eigenvalue weighted by molar-refractivity contribution is 0.449. The van der Waals surface area contributed by atoms with Crippen LogP contribution in [0.3, 0.4) is 0 Å². The van der Waals surface area contributed by atoms with E-state index in [2.05, 4.69) is 10.6 Å². The zero-order valence-corrected chi connectivity index (χ0v) is 11.3. The molecule has 2 rings (SSSR count). The van der Waals surface area contributed by atoms with Crippen LogP contribution in [0.25, 0.3) is 0 Å². The van der Waals surface area contributed by atoms with Crippen molar-refractivity contribution in [3.05, 3.63) is 59.4 Å². The minimum atomic E-state index is -1.53. The predicted octanol–water partition coefficient (Wildman–Crippen LogP) is 4.22. The fourth-order valence-electron chi connectivity index (χ4n) is 1.61. The lowest BCUT2D eigenvalue weighted by Crippen LogP contribution is -2.20. The van der Waals surface area contributed by atoms with Crippen molar-refractivity contribution in [2.45, 2.75) is 6.92 Å². The van der Waals surface area contributed by atoms with Gasteiger partial charge in [-0.05, 0) is 42.9 Å². The Balaban J connectivity index is 2.13. The van der Waals surface area contributed by atoms with Gasteiger partial charge in [0.15, 0.2) is 22.6 Å². The molecular formula is C14H11F3N2S. The molecule has 0 bridgehead atoms. The Morgan fingerprint density at radius 1 is 0.900 bits per heavy atom. The van der Waals surface area contributed by atoms with Crippen LogP contribution in [0.15, 0.2) is 36.4 Å². The quantitative estimate of drug-likeness (QED) is 0.641. The molecule has 0 saturated heterocycles. The van der Waals surface area contributed by atoms with Gasteiger partial charge >= 0.3 is 0 Å². The van der Waals surface area contributed by atoms with Gasteiger partial charge in [-0.2, -0.15) is 0 Å². The van der Waals surface area contributed by atoms with Crippen LogP contribution in [-0.2, 0) is 0 Å². The second-order valence-electron chi connectivity index (χ2n) is 4.12. The van der Waals surface area contributed by atoms with E-state index >= 15 is 0 Å². The van der Waals surface area contributed by atoms with Gasteiger partial charge in [0, 0.05) is 5.69 Å². The van der Waals surface area contributed by atoms with Crippen molar-refractivity contribution in [3.63, 3.8) is 0 Å². The summed E-state index contributed by atoms with van der Waals surface area (Å²) in [4.78, 5) is 0. The van der Waals surface area contributed by atoms with Crippen molar-refractivity contribution in [2.24, 2.45) is 0 Å². The smallest absolute Gasteiger partial charge is 0.196 e. The maximum absolute atomic E-state index is 13.5. The monoisotopic (exact) mass is 296 g/mol. The second kappa shape index (κ2) is 5.92. The van der Waals surface area contributed by atoms with Gasteiger partial charge in [0.05, 0.1) is 5.69 Å². The van der Waals surface area contributed by atoms with Gasteiger partial charge in [-0.3, -0.25) is 0 Å². The lowest BCUT2D eigenvalue weighted by Gasteiger charge is -2.13. The highest BCUT2D eigenvalue weighted by molar-refractivity contribution is 7.80. The van der Waals surface area contributed by atoms with Gasteiger partial charge in [0.1, 0.15) is 0 Å². The minimum Gasteiger partial charge on any atom is -0.332 e. The number of hydrogen-bond acceptors (Lipinski definition) is 1. The van der Waals surface area contributed by atoms with Crippen molar-refractivity contribution < 1.29 is 13.2 Å².